The lowest BCUT2D eigenvalue weighted by Gasteiger charge is -2.43. The first-order valence-electron chi connectivity index (χ1n) is 8.25. The molecule has 1 aromatic heterocycles. The van der Waals surface area contributed by atoms with Crippen molar-refractivity contribution in [3.05, 3.63) is 21.9 Å². The second-order valence-electron chi connectivity index (χ2n) is 6.14. The monoisotopic (exact) mass is 294 g/mol. The van der Waals surface area contributed by atoms with Crippen LogP contribution in [0.4, 0.5) is 0 Å². The van der Waals surface area contributed by atoms with E-state index in [-0.39, 0.29) is 6.04 Å². The van der Waals surface area contributed by atoms with E-state index in [0.717, 1.165) is 12.5 Å². The van der Waals surface area contributed by atoms with Gasteiger partial charge >= 0.3 is 0 Å². The van der Waals surface area contributed by atoms with Gasteiger partial charge in [0.15, 0.2) is 0 Å². The van der Waals surface area contributed by atoms with Crippen LogP contribution < -0.4 is 5.73 Å². The van der Waals surface area contributed by atoms with Gasteiger partial charge in [0, 0.05) is 21.8 Å². The molecule has 0 bridgehead atoms. The molecule has 3 atom stereocenters. The molecule has 1 aliphatic heterocycles. The molecule has 0 aromatic carbocycles. The van der Waals surface area contributed by atoms with Crippen molar-refractivity contribution >= 4 is 11.3 Å². The van der Waals surface area contributed by atoms with Gasteiger partial charge in [0.25, 0.3) is 0 Å². The summed E-state index contributed by atoms with van der Waals surface area (Å²) in [6.45, 7) is 7.94. The summed E-state index contributed by atoms with van der Waals surface area (Å²) in [7, 11) is 0. The predicted molar refractivity (Wildman–Crippen MR) is 89.3 cm³/mol. The Bertz CT molecular complexity index is 399. The maximum absolute atomic E-state index is 6.51. The van der Waals surface area contributed by atoms with Crippen molar-refractivity contribution < 1.29 is 0 Å². The molecule has 2 N–H and O–H groups in total. The lowest BCUT2D eigenvalue weighted by molar-refractivity contribution is 0.0744. The van der Waals surface area contributed by atoms with E-state index in [1.54, 1.807) is 0 Å². The maximum Gasteiger partial charge on any atom is 0.0595 e. The van der Waals surface area contributed by atoms with Gasteiger partial charge in [0.1, 0.15) is 0 Å². The van der Waals surface area contributed by atoms with Crippen molar-refractivity contribution in [2.45, 2.75) is 77.4 Å². The van der Waals surface area contributed by atoms with Crippen LogP contribution in [0, 0.1) is 6.92 Å². The molecule has 0 spiro atoms. The van der Waals surface area contributed by atoms with E-state index in [1.165, 1.54) is 48.4 Å². The minimum atomic E-state index is 0.255. The van der Waals surface area contributed by atoms with Crippen LogP contribution in [0.25, 0.3) is 0 Å². The highest BCUT2D eigenvalue weighted by atomic mass is 32.1. The summed E-state index contributed by atoms with van der Waals surface area (Å²) in [5.41, 5.74) is 6.51. The van der Waals surface area contributed by atoms with Gasteiger partial charge in [-0.15, -0.1) is 11.3 Å². The summed E-state index contributed by atoms with van der Waals surface area (Å²) in [6.07, 6.45) is 7.72. The highest BCUT2D eigenvalue weighted by molar-refractivity contribution is 7.12. The van der Waals surface area contributed by atoms with Crippen molar-refractivity contribution in [1.29, 1.82) is 0 Å². The number of piperidine rings is 1. The predicted octanol–water partition coefficient (Wildman–Crippen LogP) is 4.49. The summed E-state index contributed by atoms with van der Waals surface area (Å²) < 4.78 is 0. The van der Waals surface area contributed by atoms with Crippen LogP contribution >= 0.6 is 11.3 Å². The summed E-state index contributed by atoms with van der Waals surface area (Å²) in [6, 6.07) is 5.96. The first-order valence-corrected chi connectivity index (χ1v) is 9.06. The molecular formula is C17H30N2S. The quantitative estimate of drug-likeness (QED) is 0.837. The molecule has 0 saturated carbocycles. The number of aryl methyl sites for hydroxylation is 1. The first-order chi connectivity index (χ1) is 9.67. The number of nitrogens with zero attached hydrogens (tertiary/aromatic N) is 1. The minimum absolute atomic E-state index is 0.255. The Hall–Kier alpha value is -0.380. The second kappa shape index (κ2) is 7.58. The van der Waals surface area contributed by atoms with Gasteiger partial charge in [0.05, 0.1) is 6.04 Å². The lowest BCUT2D eigenvalue weighted by atomic mass is 9.92. The molecule has 20 heavy (non-hydrogen) atoms. The van der Waals surface area contributed by atoms with Crippen LogP contribution in [0.1, 0.15) is 68.2 Å². The molecule has 3 unspecified atom stereocenters. The number of thiophene rings is 1. The third-order valence-electron chi connectivity index (χ3n) is 4.58. The molecule has 3 heteroatoms. The number of likely N-dealkylation sites (tertiary alicyclic amines) is 1. The van der Waals surface area contributed by atoms with Crippen LogP contribution in [-0.4, -0.2) is 23.5 Å². The van der Waals surface area contributed by atoms with E-state index >= 15 is 0 Å². The summed E-state index contributed by atoms with van der Waals surface area (Å²) in [5.74, 6) is 0. The number of hydrogen-bond acceptors (Lipinski definition) is 3. The molecule has 1 aliphatic rings. The molecule has 0 radical (unpaired) electrons. The molecule has 114 valence electrons. The van der Waals surface area contributed by atoms with E-state index in [0.29, 0.717) is 6.04 Å². The van der Waals surface area contributed by atoms with Crippen molar-refractivity contribution in [2.75, 3.05) is 6.54 Å². The fourth-order valence-corrected chi connectivity index (χ4v) is 4.56. The van der Waals surface area contributed by atoms with Gasteiger partial charge in [-0.05, 0) is 51.3 Å². The maximum atomic E-state index is 6.51. The third-order valence-corrected chi connectivity index (χ3v) is 5.65. The fourth-order valence-electron chi connectivity index (χ4n) is 3.49. The van der Waals surface area contributed by atoms with E-state index in [1.807, 2.05) is 11.3 Å². The topological polar surface area (TPSA) is 29.3 Å². The first kappa shape index (κ1) is 16.0. The number of hydrogen-bond donors (Lipinski definition) is 1. The molecule has 1 fully saturated rings. The molecule has 1 saturated heterocycles. The normalized spacial score (nSPS) is 23.7. The lowest BCUT2D eigenvalue weighted by Crippen LogP contribution is -2.48. The van der Waals surface area contributed by atoms with Gasteiger partial charge < -0.3 is 5.73 Å². The minimum Gasteiger partial charge on any atom is -0.326 e. The van der Waals surface area contributed by atoms with Crippen LogP contribution in [0.5, 0.6) is 0 Å². The van der Waals surface area contributed by atoms with Gasteiger partial charge in [-0.25, -0.2) is 0 Å². The van der Waals surface area contributed by atoms with Gasteiger partial charge in [0.2, 0.25) is 0 Å². The number of rotatable bonds is 6. The van der Waals surface area contributed by atoms with Crippen LogP contribution in [0.3, 0.4) is 0 Å². The van der Waals surface area contributed by atoms with Crippen LogP contribution in [0.15, 0.2) is 12.1 Å². The third kappa shape index (κ3) is 3.63. The van der Waals surface area contributed by atoms with Gasteiger partial charge in [-0.2, -0.15) is 0 Å². The Kier molecular flexibility index (Phi) is 6.06. The van der Waals surface area contributed by atoms with Crippen molar-refractivity contribution in [3.8, 4) is 0 Å². The van der Waals surface area contributed by atoms with Crippen LogP contribution in [0.2, 0.25) is 0 Å². The Labute approximate surface area is 128 Å². The van der Waals surface area contributed by atoms with Gasteiger partial charge in [-0.3, -0.25) is 4.90 Å². The summed E-state index contributed by atoms with van der Waals surface area (Å²) in [4.78, 5) is 5.60. The van der Waals surface area contributed by atoms with Crippen LogP contribution in [-0.2, 0) is 0 Å². The van der Waals surface area contributed by atoms with E-state index in [9.17, 15) is 0 Å². The zero-order chi connectivity index (χ0) is 14.5. The average molecular weight is 295 g/mol. The van der Waals surface area contributed by atoms with Crippen molar-refractivity contribution in [3.63, 3.8) is 0 Å². The Morgan fingerprint density at radius 3 is 2.75 bits per heavy atom. The van der Waals surface area contributed by atoms with E-state index in [2.05, 4.69) is 37.8 Å². The highest BCUT2D eigenvalue weighted by Gasteiger charge is 2.33. The standard InChI is InChI=1S/C17H30N2S/c1-4-8-14-9-6-7-12-19(14)17(15(18)5-2)16-11-10-13(3)20-16/h10-11,14-15,17H,4-9,12,18H2,1-3H3. The molecule has 2 rings (SSSR count). The number of nitrogens with two attached hydrogens (primary N) is 1. The Balaban J connectivity index is 2.24. The average Bonchev–Trinajstić information content (AvgIpc) is 2.87. The Morgan fingerprint density at radius 1 is 1.35 bits per heavy atom. The molecule has 2 nitrogen and oxygen atoms in total. The van der Waals surface area contributed by atoms with E-state index < -0.39 is 0 Å². The molecule has 1 aromatic rings. The summed E-state index contributed by atoms with van der Waals surface area (Å²) >= 11 is 1.93. The zero-order valence-corrected chi connectivity index (χ0v) is 14.1. The smallest absolute Gasteiger partial charge is 0.0595 e. The SMILES string of the molecule is CCCC1CCCCN1C(c1ccc(C)s1)C(N)CC. The van der Waals surface area contributed by atoms with Crippen molar-refractivity contribution in [2.24, 2.45) is 5.73 Å². The summed E-state index contributed by atoms with van der Waals surface area (Å²) in [5, 5.41) is 0. The Morgan fingerprint density at radius 2 is 2.15 bits per heavy atom. The second-order valence-corrected chi connectivity index (χ2v) is 7.46. The molecule has 0 aliphatic carbocycles. The molecule has 0 amide bonds. The fraction of sp³-hybridized carbons (Fsp3) is 0.765. The molecule has 2 heterocycles. The highest BCUT2D eigenvalue weighted by Crippen LogP contribution is 2.36. The van der Waals surface area contributed by atoms with E-state index in [4.69, 9.17) is 5.73 Å². The largest absolute Gasteiger partial charge is 0.326 e. The molecular weight excluding hydrogens is 264 g/mol. The van der Waals surface area contributed by atoms with Gasteiger partial charge in [-0.1, -0.05) is 26.7 Å². The van der Waals surface area contributed by atoms with Crippen molar-refractivity contribution in [1.82, 2.24) is 4.90 Å². The zero-order valence-electron chi connectivity index (χ0n) is 13.3.